The minimum absolute atomic E-state index is 0.320. The molecule has 1 fully saturated rings. The zero-order chi connectivity index (χ0) is 16.2. The Balaban J connectivity index is 1.51. The van der Waals surface area contributed by atoms with Crippen LogP contribution in [0.4, 0.5) is 0 Å². The fourth-order valence-electron chi connectivity index (χ4n) is 3.20. The molecule has 0 bridgehead atoms. The molecule has 0 unspecified atom stereocenters. The van der Waals surface area contributed by atoms with E-state index in [4.69, 9.17) is 4.74 Å². The Hall–Kier alpha value is -1.21. The molecular formula is C17H26N4OS. The monoisotopic (exact) mass is 334 g/mol. The lowest BCUT2D eigenvalue weighted by Gasteiger charge is -2.39. The molecule has 3 heterocycles. The first-order valence-corrected chi connectivity index (χ1v) is 9.17. The number of aromatic amines is 1. The Bertz CT molecular complexity index is 588. The van der Waals surface area contributed by atoms with E-state index in [2.05, 4.69) is 58.7 Å². The van der Waals surface area contributed by atoms with Gasteiger partial charge in [-0.2, -0.15) is 5.10 Å². The molecule has 0 aromatic carbocycles. The molecule has 0 spiro atoms. The second kappa shape index (κ2) is 7.57. The molecule has 126 valence electrons. The molecule has 0 aliphatic carbocycles. The van der Waals surface area contributed by atoms with Crippen LogP contribution in [0.15, 0.2) is 23.7 Å². The van der Waals surface area contributed by atoms with Gasteiger partial charge < -0.3 is 10.1 Å². The molecule has 1 saturated heterocycles. The summed E-state index contributed by atoms with van der Waals surface area (Å²) < 4.78 is 5.81. The lowest BCUT2D eigenvalue weighted by Crippen LogP contribution is -2.51. The number of nitrogens with one attached hydrogen (secondary N) is 2. The lowest BCUT2D eigenvalue weighted by atomic mass is 10.1. The summed E-state index contributed by atoms with van der Waals surface area (Å²) in [6.45, 7) is 10.4. The van der Waals surface area contributed by atoms with Crippen molar-refractivity contribution >= 4 is 11.3 Å². The normalized spacial score (nSPS) is 24.0. The summed E-state index contributed by atoms with van der Waals surface area (Å²) in [6.07, 6.45) is 2.56. The highest BCUT2D eigenvalue weighted by Crippen LogP contribution is 2.25. The van der Waals surface area contributed by atoms with E-state index in [1.807, 2.05) is 6.20 Å². The number of ether oxygens (including phenoxy) is 1. The number of hydrogen-bond donors (Lipinski definition) is 2. The van der Waals surface area contributed by atoms with Gasteiger partial charge >= 0.3 is 0 Å². The first-order valence-electron chi connectivity index (χ1n) is 8.30. The van der Waals surface area contributed by atoms with Crippen LogP contribution in [-0.2, 0) is 11.3 Å². The van der Waals surface area contributed by atoms with E-state index in [9.17, 15) is 0 Å². The minimum atomic E-state index is 0.320. The van der Waals surface area contributed by atoms with Crippen molar-refractivity contribution in [1.29, 1.82) is 0 Å². The summed E-state index contributed by atoms with van der Waals surface area (Å²) in [6, 6.07) is 4.70. The van der Waals surface area contributed by atoms with Crippen molar-refractivity contribution in [2.45, 2.75) is 45.6 Å². The molecule has 2 N–H and O–H groups in total. The van der Waals surface area contributed by atoms with Gasteiger partial charge in [-0.25, -0.2) is 0 Å². The highest BCUT2D eigenvalue weighted by molar-refractivity contribution is 7.13. The number of H-pyrrole nitrogens is 1. The third-order valence-electron chi connectivity index (χ3n) is 4.31. The third kappa shape index (κ3) is 4.20. The molecular weight excluding hydrogens is 308 g/mol. The van der Waals surface area contributed by atoms with Gasteiger partial charge in [0.05, 0.1) is 29.0 Å². The van der Waals surface area contributed by atoms with E-state index in [1.165, 1.54) is 10.4 Å². The SMILES string of the molecule is C[C@@H]1CN([C@H](C)CNCc2cn[nH]c2-c2cccs2)C[C@H](C)O1. The van der Waals surface area contributed by atoms with E-state index in [0.717, 1.165) is 31.9 Å². The van der Waals surface area contributed by atoms with Gasteiger partial charge in [0.25, 0.3) is 0 Å². The van der Waals surface area contributed by atoms with Gasteiger partial charge in [-0.15, -0.1) is 11.3 Å². The molecule has 6 heteroatoms. The van der Waals surface area contributed by atoms with Crippen molar-refractivity contribution in [2.24, 2.45) is 0 Å². The van der Waals surface area contributed by atoms with E-state index in [-0.39, 0.29) is 0 Å². The Kier molecular flexibility index (Phi) is 5.48. The largest absolute Gasteiger partial charge is 0.373 e. The van der Waals surface area contributed by atoms with Gasteiger partial charge in [0.15, 0.2) is 0 Å². The quantitative estimate of drug-likeness (QED) is 0.853. The van der Waals surface area contributed by atoms with Crippen LogP contribution in [0.1, 0.15) is 26.3 Å². The molecule has 0 amide bonds. The smallest absolute Gasteiger partial charge is 0.0794 e. The van der Waals surface area contributed by atoms with E-state index in [0.29, 0.717) is 18.2 Å². The second-order valence-corrected chi connectivity index (χ2v) is 7.39. The zero-order valence-corrected chi connectivity index (χ0v) is 14.9. The molecule has 23 heavy (non-hydrogen) atoms. The minimum Gasteiger partial charge on any atom is -0.373 e. The molecule has 1 aliphatic rings. The topological polar surface area (TPSA) is 53.2 Å². The van der Waals surface area contributed by atoms with Gasteiger partial charge in [-0.3, -0.25) is 10.00 Å². The molecule has 3 atom stereocenters. The number of morpholine rings is 1. The van der Waals surface area contributed by atoms with Crippen LogP contribution >= 0.6 is 11.3 Å². The van der Waals surface area contributed by atoms with Crippen LogP contribution in [-0.4, -0.2) is 53.0 Å². The van der Waals surface area contributed by atoms with Crippen LogP contribution in [0.3, 0.4) is 0 Å². The summed E-state index contributed by atoms with van der Waals surface area (Å²) >= 11 is 1.74. The Morgan fingerprint density at radius 1 is 1.43 bits per heavy atom. The first kappa shape index (κ1) is 16.6. The van der Waals surface area contributed by atoms with Gasteiger partial charge in [-0.1, -0.05) is 6.07 Å². The molecule has 0 radical (unpaired) electrons. The summed E-state index contributed by atoms with van der Waals surface area (Å²) in [7, 11) is 0. The number of nitrogens with zero attached hydrogens (tertiary/aromatic N) is 2. The van der Waals surface area contributed by atoms with E-state index in [1.54, 1.807) is 11.3 Å². The zero-order valence-electron chi connectivity index (χ0n) is 14.1. The molecule has 3 rings (SSSR count). The second-order valence-electron chi connectivity index (χ2n) is 6.44. The van der Waals surface area contributed by atoms with Crippen LogP contribution < -0.4 is 5.32 Å². The highest BCUT2D eigenvalue weighted by Gasteiger charge is 2.25. The number of hydrogen-bond acceptors (Lipinski definition) is 5. The van der Waals surface area contributed by atoms with Crippen LogP contribution in [0, 0.1) is 0 Å². The van der Waals surface area contributed by atoms with Gasteiger partial charge in [0, 0.05) is 37.8 Å². The van der Waals surface area contributed by atoms with Crippen LogP contribution in [0.2, 0.25) is 0 Å². The molecule has 0 saturated carbocycles. The predicted octanol–water partition coefficient (Wildman–Crippen LogP) is 2.73. The van der Waals surface area contributed by atoms with E-state index >= 15 is 0 Å². The van der Waals surface area contributed by atoms with Crippen molar-refractivity contribution < 1.29 is 4.74 Å². The van der Waals surface area contributed by atoms with E-state index < -0.39 is 0 Å². The maximum atomic E-state index is 5.81. The van der Waals surface area contributed by atoms with Crippen molar-refractivity contribution in [2.75, 3.05) is 19.6 Å². The first-order chi connectivity index (χ1) is 11.1. The predicted molar refractivity (Wildman–Crippen MR) is 94.7 cm³/mol. The summed E-state index contributed by atoms with van der Waals surface area (Å²) in [4.78, 5) is 3.75. The number of rotatable bonds is 6. The third-order valence-corrected chi connectivity index (χ3v) is 5.20. The number of thiophene rings is 1. The fraction of sp³-hybridized carbons (Fsp3) is 0.588. The average Bonchev–Trinajstić information content (AvgIpc) is 3.16. The molecule has 5 nitrogen and oxygen atoms in total. The molecule has 1 aliphatic heterocycles. The maximum absolute atomic E-state index is 5.81. The Morgan fingerprint density at radius 2 is 2.22 bits per heavy atom. The Labute approximate surface area is 142 Å². The van der Waals surface area contributed by atoms with Crippen molar-refractivity contribution in [3.8, 4) is 10.6 Å². The lowest BCUT2D eigenvalue weighted by molar-refractivity contribution is -0.0781. The maximum Gasteiger partial charge on any atom is 0.0794 e. The molecule has 2 aromatic heterocycles. The summed E-state index contributed by atoms with van der Waals surface area (Å²) in [5.41, 5.74) is 2.36. The van der Waals surface area contributed by atoms with Gasteiger partial charge in [0.2, 0.25) is 0 Å². The van der Waals surface area contributed by atoms with Crippen molar-refractivity contribution in [3.63, 3.8) is 0 Å². The average molecular weight is 334 g/mol. The van der Waals surface area contributed by atoms with Gasteiger partial charge in [-0.05, 0) is 32.2 Å². The highest BCUT2D eigenvalue weighted by atomic mass is 32.1. The summed E-state index contributed by atoms with van der Waals surface area (Å²) in [5, 5.41) is 13.0. The molecule has 2 aromatic rings. The fourth-order valence-corrected chi connectivity index (χ4v) is 3.96. The van der Waals surface area contributed by atoms with Crippen molar-refractivity contribution in [3.05, 3.63) is 29.3 Å². The van der Waals surface area contributed by atoms with Crippen molar-refractivity contribution in [1.82, 2.24) is 20.4 Å². The number of aromatic nitrogens is 2. The van der Waals surface area contributed by atoms with Crippen LogP contribution in [0.5, 0.6) is 0 Å². The summed E-state index contributed by atoms with van der Waals surface area (Å²) in [5.74, 6) is 0. The van der Waals surface area contributed by atoms with Crippen LogP contribution in [0.25, 0.3) is 10.6 Å². The standard InChI is InChI=1S/C17H26N4OS/c1-12(21-10-13(2)22-14(3)11-21)7-18-8-15-9-19-20-17(15)16-5-4-6-23-16/h4-6,9,12-14,18H,7-8,10-11H2,1-3H3,(H,19,20)/t12-,13-,14+/m1/s1. The van der Waals surface area contributed by atoms with Gasteiger partial charge in [0.1, 0.15) is 0 Å². The Morgan fingerprint density at radius 3 is 2.91 bits per heavy atom.